The van der Waals surface area contributed by atoms with Gasteiger partial charge < -0.3 is 14.7 Å². The molecule has 2 rings (SSSR count). The third-order valence-electron chi connectivity index (χ3n) is 3.16. The van der Waals surface area contributed by atoms with Gasteiger partial charge in [-0.05, 0) is 30.7 Å². The second kappa shape index (κ2) is 5.63. The van der Waals surface area contributed by atoms with Crippen LogP contribution in [-0.4, -0.2) is 41.3 Å². The molecule has 0 radical (unpaired) electrons. The largest absolute Gasteiger partial charge is 0.573 e. The summed E-state index contributed by atoms with van der Waals surface area (Å²) in [5, 5.41) is 8.87. The Hall–Kier alpha value is -2.25. The number of likely N-dealkylation sites (tertiary alicyclic amines) is 1. The number of nitrogens with zero attached hydrogens (tertiary/aromatic N) is 1. The summed E-state index contributed by atoms with van der Waals surface area (Å²) in [5.41, 5.74) is 0.190. The SMILES string of the molecule is O=C(O)[C@H]1CCN(C(=O)c2ccc(OC(F)(F)F)cc2)C1. The summed E-state index contributed by atoms with van der Waals surface area (Å²) in [6.07, 6.45) is -4.41. The van der Waals surface area contributed by atoms with Crippen LogP contribution in [0.15, 0.2) is 24.3 Å². The van der Waals surface area contributed by atoms with E-state index in [1.54, 1.807) is 0 Å². The molecule has 0 bridgehead atoms. The molecule has 0 aliphatic carbocycles. The normalized spacial score (nSPS) is 18.6. The third kappa shape index (κ3) is 3.87. The van der Waals surface area contributed by atoms with Gasteiger partial charge in [0.25, 0.3) is 5.91 Å². The number of benzene rings is 1. The minimum absolute atomic E-state index is 0.106. The van der Waals surface area contributed by atoms with Gasteiger partial charge in [-0.15, -0.1) is 13.2 Å². The lowest BCUT2D eigenvalue weighted by atomic mass is 10.1. The van der Waals surface area contributed by atoms with E-state index in [-0.39, 0.29) is 12.1 Å². The van der Waals surface area contributed by atoms with E-state index in [4.69, 9.17) is 5.11 Å². The molecule has 1 aromatic carbocycles. The lowest BCUT2D eigenvalue weighted by molar-refractivity contribution is -0.274. The Morgan fingerprint density at radius 3 is 2.33 bits per heavy atom. The lowest BCUT2D eigenvalue weighted by Crippen LogP contribution is -2.29. The maximum absolute atomic E-state index is 12.1. The molecule has 1 fully saturated rings. The highest BCUT2D eigenvalue weighted by molar-refractivity contribution is 5.94. The predicted octanol–water partition coefficient (Wildman–Crippen LogP) is 2.13. The zero-order valence-corrected chi connectivity index (χ0v) is 10.8. The van der Waals surface area contributed by atoms with Crippen molar-refractivity contribution in [3.63, 3.8) is 0 Å². The summed E-state index contributed by atoms with van der Waals surface area (Å²) in [6.45, 7) is 0.422. The van der Waals surface area contributed by atoms with Gasteiger partial charge in [0.1, 0.15) is 5.75 Å². The number of carbonyl (C=O) groups is 2. The van der Waals surface area contributed by atoms with Crippen molar-refractivity contribution in [1.82, 2.24) is 4.90 Å². The first-order valence-corrected chi connectivity index (χ1v) is 6.14. The predicted molar refractivity (Wildman–Crippen MR) is 64.8 cm³/mol. The molecule has 1 aliphatic heterocycles. The summed E-state index contributed by atoms with van der Waals surface area (Å²) < 4.78 is 39.7. The van der Waals surface area contributed by atoms with E-state index in [9.17, 15) is 22.8 Å². The number of amides is 1. The van der Waals surface area contributed by atoms with E-state index in [0.29, 0.717) is 13.0 Å². The molecular weight excluding hydrogens is 291 g/mol. The molecular formula is C13H12F3NO4. The van der Waals surface area contributed by atoms with E-state index < -0.39 is 29.9 Å². The summed E-state index contributed by atoms with van der Waals surface area (Å²) in [5.74, 6) is -2.37. The molecule has 0 aromatic heterocycles. The molecule has 114 valence electrons. The first kappa shape index (κ1) is 15.1. The fourth-order valence-corrected chi connectivity index (χ4v) is 2.13. The van der Waals surface area contributed by atoms with Crippen molar-refractivity contribution in [3.05, 3.63) is 29.8 Å². The number of carboxylic acid groups (broad SMARTS) is 1. The quantitative estimate of drug-likeness (QED) is 0.929. The number of carboxylic acids is 1. The number of aliphatic carboxylic acids is 1. The van der Waals surface area contributed by atoms with Crippen molar-refractivity contribution in [1.29, 1.82) is 0 Å². The standard InChI is InChI=1S/C13H12F3NO4/c14-13(15,16)21-10-3-1-8(2-4-10)11(18)17-6-5-9(7-17)12(19)20/h1-4,9H,5-7H2,(H,19,20)/t9-/m0/s1. The molecule has 5 nitrogen and oxygen atoms in total. The number of alkyl halides is 3. The van der Waals surface area contributed by atoms with Crippen molar-refractivity contribution >= 4 is 11.9 Å². The Morgan fingerprint density at radius 2 is 1.86 bits per heavy atom. The van der Waals surface area contributed by atoms with Gasteiger partial charge in [-0.1, -0.05) is 0 Å². The van der Waals surface area contributed by atoms with Gasteiger partial charge in [0.2, 0.25) is 0 Å². The second-order valence-electron chi connectivity index (χ2n) is 4.65. The van der Waals surface area contributed by atoms with Crippen LogP contribution in [0.1, 0.15) is 16.8 Å². The Kier molecular flexibility index (Phi) is 4.06. The molecule has 1 aromatic rings. The maximum Gasteiger partial charge on any atom is 0.573 e. The van der Waals surface area contributed by atoms with Crippen molar-refractivity contribution in [2.45, 2.75) is 12.8 Å². The van der Waals surface area contributed by atoms with E-state index in [1.807, 2.05) is 0 Å². The Labute approximate surface area is 117 Å². The van der Waals surface area contributed by atoms with Gasteiger partial charge in [0.15, 0.2) is 0 Å². The first-order valence-electron chi connectivity index (χ1n) is 6.14. The highest BCUT2D eigenvalue weighted by atomic mass is 19.4. The van der Waals surface area contributed by atoms with Gasteiger partial charge in [0.05, 0.1) is 5.92 Å². The van der Waals surface area contributed by atoms with Crippen molar-refractivity contribution in [2.24, 2.45) is 5.92 Å². The van der Waals surface area contributed by atoms with Crippen LogP contribution in [0.4, 0.5) is 13.2 Å². The number of hydrogen-bond donors (Lipinski definition) is 1. The highest BCUT2D eigenvalue weighted by Crippen LogP contribution is 2.24. The molecule has 1 aliphatic rings. The molecule has 1 amide bonds. The van der Waals surface area contributed by atoms with E-state index >= 15 is 0 Å². The number of carbonyl (C=O) groups excluding carboxylic acids is 1. The highest BCUT2D eigenvalue weighted by Gasteiger charge is 2.32. The summed E-state index contributed by atoms with van der Waals surface area (Å²) in [7, 11) is 0. The van der Waals surface area contributed by atoms with Crippen molar-refractivity contribution in [2.75, 3.05) is 13.1 Å². The summed E-state index contributed by atoms with van der Waals surface area (Å²) in [6, 6.07) is 4.53. The summed E-state index contributed by atoms with van der Waals surface area (Å²) >= 11 is 0. The van der Waals surface area contributed by atoms with Crippen LogP contribution in [0, 0.1) is 5.92 Å². The molecule has 1 heterocycles. The number of hydrogen-bond acceptors (Lipinski definition) is 3. The molecule has 0 saturated carbocycles. The Bertz CT molecular complexity index is 541. The molecule has 1 saturated heterocycles. The minimum atomic E-state index is -4.78. The van der Waals surface area contributed by atoms with Crippen LogP contribution in [-0.2, 0) is 4.79 Å². The molecule has 1 atom stereocenters. The van der Waals surface area contributed by atoms with Gasteiger partial charge in [-0.25, -0.2) is 0 Å². The smallest absolute Gasteiger partial charge is 0.481 e. The van der Waals surface area contributed by atoms with Gasteiger partial charge in [-0.2, -0.15) is 0 Å². The van der Waals surface area contributed by atoms with Crippen molar-refractivity contribution < 1.29 is 32.6 Å². The fourth-order valence-electron chi connectivity index (χ4n) is 2.13. The number of halogens is 3. The molecule has 1 N–H and O–H groups in total. The average molecular weight is 303 g/mol. The lowest BCUT2D eigenvalue weighted by Gasteiger charge is -2.16. The average Bonchev–Trinajstić information content (AvgIpc) is 2.86. The second-order valence-corrected chi connectivity index (χ2v) is 4.65. The molecule has 21 heavy (non-hydrogen) atoms. The molecule has 8 heteroatoms. The van der Waals surface area contributed by atoms with E-state index in [2.05, 4.69) is 4.74 Å². The van der Waals surface area contributed by atoms with Gasteiger partial charge in [-0.3, -0.25) is 9.59 Å². The van der Waals surface area contributed by atoms with E-state index in [0.717, 1.165) is 12.1 Å². The maximum atomic E-state index is 12.1. The van der Waals surface area contributed by atoms with Crippen LogP contribution >= 0.6 is 0 Å². The fraction of sp³-hybridized carbons (Fsp3) is 0.385. The Morgan fingerprint density at radius 1 is 1.24 bits per heavy atom. The third-order valence-corrected chi connectivity index (χ3v) is 3.16. The number of ether oxygens (including phenoxy) is 1. The van der Waals surface area contributed by atoms with Crippen LogP contribution in [0.5, 0.6) is 5.75 Å². The minimum Gasteiger partial charge on any atom is -0.481 e. The Balaban J connectivity index is 2.02. The van der Waals surface area contributed by atoms with Crippen molar-refractivity contribution in [3.8, 4) is 5.75 Å². The van der Waals surface area contributed by atoms with E-state index in [1.165, 1.54) is 17.0 Å². The van der Waals surface area contributed by atoms with Crippen LogP contribution in [0.3, 0.4) is 0 Å². The monoisotopic (exact) mass is 303 g/mol. The molecule has 0 spiro atoms. The zero-order valence-electron chi connectivity index (χ0n) is 10.8. The van der Waals surface area contributed by atoms with Crippen LogP contribution < -0.4 is 4.74 Å². The van der Waals surface area contributed by atoms with Crippen LogP contribution in [0.25, 0.3) is 0 Å². The topological polar surface area (TPSA) is 66.8 Å². The summed E-state index contributed by atoms with van der Waals surface area (Å²) in [4.78, 5) is 24.3. The molecule has 0 unspecified atom stereocenters. The first-order chi connectivity index (χ1) is 9.76. The van der Waals surface area contributed by atoms with Gasteiger partial charge >= 0.3 is 12.3 Å². The van der Waals surface area contributed by atoms with Crippen LogP contribution in [0.2, 0.25) is 0 Å². The van der Waals surface area contributed by atoms with Gasteiger partial charge in [0, 0.05) is 18.7 Å². The zero-order chi connectivity index (χ0) is 15.6. The number of rotatable bonds is 3.